The largest absolute Gasteiger partial charge is 0.493 e. The summed E-state index contributed by atoms with van der Waals surface area (Å²) in [7, 11) is 0. The second kappa shape index (κ2) is 7.88. The third-order valence-electron chi connectivity index (χ3n) is 5.69. The first-order valence-electron chi connectivity index (χ1n) is 9.04. The molecule has 7 heteroatoms. The fraction of sp³-hybridized carbons (Fsp3) is 0.579. The highest BCUT2D eigenvalue weighted by atomic mass is 32.1. The van der Waals surface area contributed by atoms with Gasteiger partial charge >= 0.3 is 6.03 Å². The normalized spacial score (nSPS) is 25.8. The molecular formula is C19H26N2O4S. The number of para-hydroxylation sites is 1. The highest BCUT2D eigenvalue weighted by Crippen LogP contribution is 2.41. The fourth-order valence-electron chi connectivity index (χ4n) is 3.99. The van der Waals surface area contributed by atoms with Crippen LogP contribution in [0.1, 0.15) is 25.7 Å². The van der Waals surface area contributed by atoms with Gasteiger partial charge in [0.15, 0.2) is 5.78 Å². The lowest BCUT2D eigenvalue weighted by molar-refractivity contribution is -0.120. The number of ketones is 1. The average molecular weight is 378 g/mol. The SMILES string of the molecule is O=C1CO[C@@H]2CCN(C(=O)NCC3(COc4ccccc4)CCC3)[C@H]12.S. The molecule has 4 rings (SSSR count). The Labute approximate surface area is 160 Å². The molecule has 3 fully saturated rings. The lowest BCUT2D eigenvalue weighted by Crippen LogP contribution is -2.52. The molecule has 2 heterocycles. The van der Waals surface area contributed by atoms with Gasteiger partial charge in [0.25, 0.3) is 0 Å². The van der Waals surface area contributed by atoms with Crippen molar-refractivity contribution < 1.29 is 19.1 Å². The van der Waals surface area contributed by atoms with E-state index in [2.05, 4.69) is 5.32 Å². The van der Waals surface area contributed by atoms with Crippen LogP contribution in [-0.2, 0) is 9.53 Å². The van der Waals surface area contributed by atoms with Gasteiger partial charge in [0.05, 0.1) is 12.7 Å². The van der Waals surface area contributed by atoms with Crippen LogP contribution in [0.25, 0.3) is 0 Å². The number of nitrogens with zero attached hydrogens (tertiary/aromatic N) is 1. The van der Waals surface area contributed by atoms with E-state index in [1.165, 1.54) is 0 Å². The van der Waals surface area contributed by atoms with E-state index >= 15 is 0 Å². The van der Waals surface area contributed by atoms with Gasteiger partial charge in [-0.25, -0.2) is 4.79 Å². The van der Waals surface area contributed by atoms with Crippen LogP contribution in [0.3, 0.4) is 0 Å². The van der Waals surface area contributed by atoms with Crippen molar-refractivity contribution in [3.63, 3.8) is 0 Å². The molecule has 2 saturated heterocycles. The predicted molar refractivity (Wildman–Crippen MR) is 102 cm³/mol. The number of carbonyl (C=O) groups is 2. The summed E-state index contributed by atoms with van der Waals surface area (Å²) in [5.74, 6) is 0.875. The molecule has 142 valence electrons. The molecule has 0 bridgehead atoms. The van der Waals surface area contributed by atoms with E-state index in [1.54, 1.807) is 4.90 Å². The van der Waals surface area contributed by atoms with Gasteiger partial charge < -0.3 is 19.7 Å². The molecule has 0 radical (unpaired) electrons. The fourth-order valence-corrected chi connectivity index (χ4v) is 3.99. The summed E-state index contributed by atoms with van der Waals surface area (Å²) in [6.07, 6.45) is 3.89. The highest BCUT2D eigenvalue weighted by Gasteiger charge is 2.47. The van der Waals surface area contributed by atoms with Crippen LogP contribution >= 0.6 is 13.5 Å². The average Bonchev–Trinajstić information content (AvgIpc) is 3.18. The number of nitrogens with one attached hydrogen (secondary N) is 1. The first-order chi connectivity index (χ1) is 12.2. The molecule has 1 N–H and O–H groups in total. The van der Waals surface area contributed by atoms with Crippen LogP contribution in [-0.4, -0.2) is 55.2 Å². The zero-order valence-corrected chi connectivity index (χ0v) is 15.8. The Bertz CT molecular complexity index is 650. The highest BCUT2D eigenvalue weighted by molar-refractivity contribution is 7.59. The van der Waals surface area contributed by atoms with Crippen LogP contribution in [0.15, 0.2) is 30.3 Å². The number of hydrogen-bond acceptors (Lipinski definition) is 4. The third kappa shape index (κ3) is 3.69. The maximum Gasteiger partial charge on any atom is 0.318 e. The summed E-state index contributed by atoms with van der Waals surface area (Å²) < 4.78 is 11.4. The van der Waals surface area contributed by atoms with Crippen molar-refractivity contribution in [3.05, 3.63) is 30.3 Å². The van der Waals surface area contributed by atoms with Crippen LogP contribution in [0.4, 0.5) is 4.79 Å². The zero-order chi connectivity index (χ0) is 17.3. The van der Waals surface area contributed by atoms with Gasteiger partial charge in [0, 0.05) is 18.5 Å². The number of carbonyl (C=O) groups excluding carboxylic acids is 2. The number of fused-ring (bicyclic) bond motifs is 1. The Balaban J connectivity index is 0.00000196. The Morgan fingerprint density at radius 3 is 2.77 bits per heavy atom. The Morgan fingerprint density at radius 2 is 2.08 bits per heavy atom. The predicted octanol–water partition coefficient (Wildman–Crippen LogP) is 2.10. The Hall–Kier alpha value is -1.73. The number of likely N-dealkylation sites (tertiary alicyclic amines) is 1. The molecule has 1 saturated carbocycles. The van der Waals surface area contributed by atoms with Crippen molar-refractivity contribution in [1.29, 1.82) is 0 Å². The molecule has 0 unspecified atom stereocenters. The van der Waals surface area contributed by atoms with E-state index < -0.39 is 6.04 Å². The topological polar surface area (TPSA) is 67.9 Å². The zero-order valence-electron chi connectivity index (χ0n) is 14.8. The van der Waals surface area contributed by atoms with E-state index in [9.17, 15) is 9.59 Å². The van der Waals surface area contributed by atoms with E-state index in [0.717, 1.165) is 31.4 Å². The van der Waals surface area contributed by atoms with Crippen molar-refractivity contribution in [2.75, 3.05) is 26.3 Å². The molecule has 2 aliphatic heterocycles. The first kappa shape index (κ1) is 19.0. The van der Waals surface area contributed by atoms with Crippen molar-refractivity contribution in [1.82, 2.24) is 10.2 Å². The van der Waals surface area contributed by atoms with Crippen LogP contribution in [0.5, 0.6) is 5.75 Å². The van der Waals surface area contributed by atoms with E-state index in [1.807, 2.05) is 30.3 Å². The quantitative estimate of drug-likeness (QED) is 0.852. The maximum absolute atomic E-state index is 12.6. The first-order valence-corrected chi connectivity index (χ1v) is 9.04. The molecule has 6 nitrogen and oxygen atoms in total. The van der Waals surface area contributed by atoms with Gasteiger partial charge in [-0.2, -0.15) is 13.5 Å². The summed E-state index contributed by atoms with van der Waals surface area (Å²) in [6.45, 7) is 1.90. The second-order valence-corrected chi connectivity index (χ2v) is 7.36. The molecule has 2 amide bonds. The Morgan fingerprint density at radius 1 is 1.31 bits per heavy atom. The van der Waals surface area contributed by atoms with Gasteiger partial charge in [-0.3, -0.25) is 4.79 Å². The number of amides is 2. The van der Waals surface area contributed by atoms with E-state index in [0.29, 0.717) is 19.7 Å². The maximum atomic E-state index is 12.6. The molecule has 2 atom stereocenters. The van der Waals surface area contributed by atoms with Gasteiger partial charge in [-0.15, -0.1) is 0 Å². The standard InChI is InChI=1S/C19H24N2O4.H2S/c22-15-11-24-16-7-10-21(17(15)16)18(23)20-12-19(8-4-9-19)13-25-14-5-2-1-3-6-14;/h1-3,5-6,16-17H,4,7-13H2,(H,20,23);1H2/t16-,17-;/m1./s1. The summed E-state index contributed by atoms with van der Waals surface area (Å²) in [4.78, 5) is 26.1. The van der Waals surface area contributed by atoms with Crippen molar-refractivity contribution >= 4 is 25.3 Å². The number of hydrogen-bond donors (Lipinski definition) is 1. The van der Waals surface area contributed by atoms with Gasteiger partial charge in [0.1, 0.15) is 18.4 Å². The minimum Gasteiger partial charge on any atom is -0.493 e. The summed E-state index contributed by atoms with van der Waals surface area (Å²) in [6, 6.07) is 9.21. The molecular weight excluding hydrogens is 352 g/mol. The third-order valence-corrected chi connectivity index (χ3v) is 5.69. The number of rotatable bonds is 5. The van der Waals surface area contributed by atoms with E-state index in [-0.39, 0.29) is 43.4 Å². The van der Waals surface area contributed by atoms with Crippen molar-refractivity contribution in [3.8, 4) is 5.75 Å². The smallest absolute Gasteiger partial charge is 0.318 e. The van der Waals surface area contributed by atoms with E-state index in [4.69, 9.17) is 9.47 Å². The van der Waals surface area contributed by atoms with Crippen LogP contribution in [0.2, 0.25) is 0 Å². The minimum atomic E-state index is -0.391. The molecule has 3 aliphatic rings. The summed E-state index contributed by atoms with van der Waals surface area (Å²) in [5.41, 5.74) is 0.000806. The summed E-state index contributed by atoms with van der Waals surface area (Å²) >= 11 is 0. The number of ether oxygens (including phenoxy) is 2. The number of benzene rings is 1. The molecule has 0 aromatic heterocycles. The van der Waals surface area contributed by atoms with Gasteiger partial charge in [-0.1, -0.05) is 24.6 Å². The summed E-state index contributed by atoms with van der Waals surface area (Å²) in [5, 5.41) is 3.04. The van der Waals surface area contributed by atoms with Crippen molar-refractivity contribution in [2.45, 2.75) is 37.8 Å². The lowest BCUT2D eigenvalue weighted by Gasteiger charge is -2.42. The van der Waals surface area contributed by atoms with Gasteiger partial charge in [-0.05, 0) is 31.4 Å². The molecule has 1 aliphatic carbocycles. The molecule has 26 heavy (non-hydrogen) atoms. The Kier molecular flexibility index (Phi) is 5.77. The number of urea groups is 1. The minimum absolute atomic E-state index is 0. The molecule has 1 aromatic carbocycles. The lowest BCUT2D eigenvalue weighted by atomic mass is 9.69. The van der Waals surface area contributed by atoms with Crippen LogP contribution in [0, 0.1) is 5.41 Å². The molecule has 0 spiro atoms. The second-order valence-electron chi connectivity index (χ2n) is 7.36. The monoisotopic (exact) mass is 378 g/mol. The van der Waals surface area contributed by atoms with Gasteiger partial charge in [0.2, 0.25) is 0 Å². The van der Waals surface area contributed by atoms with Crippen LogP contribution < -0.4 is 10.1 Å². The number of Topliss-reactive ketones (excluding diaryl/α,β-unsaturated/α-hetero) is 1. The van der Waals surface area contributed by atoms with Crippen molar-refractivity contribution in [2.24, 2.45) is 5.41 Å². The molecule has 1 aromatic rings.